The van der Waals surface area contributed by atoms with E-state index in [2.05, 4.69) is 25.1 Å². The monoisotopic (exact) mass is 459 g/mol. The molecule has 0 unspecified atom stereocenters. The highest BCUT2D eigenvalue weighted by Gasteiger charge is 2.30. The summed E-state index contributed by atoms with van der Waals surface area (Å²) in [5.74, 6) is -0.436. The quantitative estimate of drug-likeness (QED) is 0.554. The number of anilines is 1. The molecule has 1 saturated heterocycles. The number of carbonyl (C=O) groups excluding carboxylic acids is 1. The van der Waals surface area contributed by atoms with Gasteiger partial charge in [-0.05, 0) is 49.4 Å². The summed E-state index contributed by atoms with van der Waals surface area (Å²) in [5, 5.41) is 3.22. The summed E-state index contributed by atoms with van der Waals surface area (Å²) in [4.78, 5) is 35.5. The van der Waals surface area contributed by atoms with Gasteiger partial charge in [-0.25, -0.2) is 4.98 Å². The number of nitrogens with zero attached hydrogens (tertiary/aromatic N) is 3. The fourth-order valence-corrected chi connectivity index (χ4v) is 3.87. The first-order valence-corrected chi connectivity index (χ1v) is 10.7. The molecule has 2 heterocycles. The van der Waals surface area contributed by atoms with Crippen molar-refractivity contribution in [3.05, 3.63) is 70.3 Å². The number of hydrogen-bond acceptors (Lipinski definition) is 5. The highest BCUT2D eigenvalue weighted by molar-refractivity contribution is 5.92. The fraction of sp³-hybridized carbons (Fsp3) is 0.348. The van der Waals surface area contributed by atoms with E-state index < -0.39 is 17.6 Å². The molecule has 2 aromatic carbocycles. The van der Waals surface area contributed by atoms with Crippen LogP contribution in [0.2, 0.25) is 0 Å². The molecular formula is C23H24F3N5O2. The topological polar surface area (TPSA) is 81.3 Å². The summed E-state index contributed by atoms with van der Waals surface area (Å²) in [7, 11) is 0. The largest absolute Gasteiger partial charge is 0.416 e. The number of piperazine rings is 1. The zero-order valence-electron chi connectivity index (χ0n) is 17.9. The maximum Gasteiger partial charge on any atom is 0.416 e. The summed E-state index contributed by atoms with van der Waals surface area (Å²) in [6.07, 6.45) is -3.60. The summed E-state index contributed by atoms with van der Waals surface area (Å²) in [5.41, 5.74) is 0.260. The Morgan fingerprint density at radius 2 is 1.73 bits per heavy atom. The van der Waals surface area contributed by atoms with Gasteiger partial charge in [0.15, 0.2) is 5.82 Å². The minimum atomic E-state index is -4.33. The molecule has 0 spiro atoms. The van der Waals surface area contributed by atoms with Crippen LogP contribution in [0.15, 0.2) is 53.3 Å². The summed E-state index contributed by atoms with van der Waals surface area (Å²) in [6, 6.07) is 12.1. The van der Waals surface area contributed by atoms with Crippen LogP contribution in [0.4, 0.5) is 18.9 Å². The summed E-state index contributed by atoms with van der Waals surface area (Å²) in [6.45, 7) is 4.24. The van der Waals surface area contributed by atoms with Crippen LogP contribution in [-0.2, 0) is 6.18 Å². The van der Waals surface area contributed by atoms with E-state index in [1.54, 1.807) is 24.3 Å². The normalized spacial score (nSPS) is 15.1. The first-order valence-electron chi connectivity index (χ1n) is 10.7. The number of benzene rings is 2. The standard InChI is InChI=1S/C23H24F3N5O2/c24-23(25,26)16-6-8-17(9-7-16)31-14-12-30(13-15-31)11-3-10-27-22(33)20-28-19-5-2-1-4-18(19)21(32)29-20/h1-2,4-9H,3,10-15H2,(H,27,33)(H,28,29,32). The number of aromatic nitrogens is 2. The second kappa shape index (κ2) is 9.62. The number of fused-ring (bicyclic) bond motifs is 1. The number of rotatable bonds is 6. The average molecular weight is 459 g/mol. The van der Waals surface area contributed by atoms with Crippen molar-refractivity contribution in [2.75, 3.05) is 44.2 Å². The van der Waals surface area contributed by atoms with Gasteiger partial charge in [0.1, 0.15) is 0 Å². The molecule has 7 nitrogen and oxygen atoms in total. The SMILES string of the molecule is O=C(NCCCN1CCN(c2ccc(C(F)(F)F)cc2)CC1)c1nc2ccccc2c(=O)[nH]1. The molecule has 33 heavy (non-hydrogen) atoms. The van der Waals surface area contributed by atoms with Crippen molar-refractivity contribution in [2.24, 2.45) is 0 Å². The molecule has 1 aliphatic heterocycles. The highest BCUT2D eigenvalue weighted by Crippen LogP contribution is 2.30. The van der Waals surface area contributed by atoms with Crippen LogP contribution in [0.5, 0.6) is 0 Å². The lowest BCUT2D eigenvalue weighted by Crippen LogP contribution is -2.47. The molecule has 0 radical (unpaired) electrons. The van der Waals surface area contributed by atoms with E-state index >= 15 is 0 Å². The van der Waals surface area contributed by atoms with Crippen LogP contribution in [0.1, 0.15) is 22.6 Å². The number of nitrogens with one attached hydrogen (secondary N) is 2. The first-order chi connectivity index (χ1) is 15.8. The van der Waals surface area contributed by atoms with Crippen LogP contribution in [0.3, 0.4) is 0 Å². The summed E-state index contributed by atoms with van der Waals surface area (Å²) < 4.78 is 38.2. The maximum absolute atomic E-state index is 12.7. The molecule has 4 rings (SSSR count). The third-order valence-electron chi connectivity index (χ3n) is 5.70. The van der Waals surface area contributed by atoms with Gasteiger partial charge in [-0.1, -0.05) is 12.1 Å². The van der Waals surface area contributed by atoms with Crippen molar-refractivity contribution in [1.29, 1.82) is 0 Å². The number of aromatic amines is 1. The van der Waals surface area contributed by atoms with Gasteiger partial charge in [0.05, 0.1) is 16.5 Å². The van der Waals surface area contributed by atoms with E-state index in [9.17, 15) is 22.8 Å². The Hall–Kier alpha value is -3.40. The van der Waals surface area contributed by atoms with E-state index in [1.165, 1.54) is 12.1 Å². The molecule has 1 aromatic heterocycles. The molecule has 3 aromatic rings. The molecule has 10 heteroatoms. The Labute approximate surface area is 188 Å². The second-order valence-corrected chi connectivity index (χ2v) is 7.91. The minimum Gasteiger partial charge on any atom is -0.369 e. The number of amides is 1. The van der Waals surface area contributed by atoms with Crippen LogP contribution in [-0.4, -0.2) is 60.0 Å². The maximum atomic E-state index is 12.7. The molecule has 174 valence electrons. The van der Waals surface area contributed by atoms with Crippen molar-refractivity contribution in [1.82, 2.24) is 20.2 Å². The lowest BCUT2D eigenvalue weighted by atomic mass is 10.1. The number of H-pyrrole nitrogens is 1. The van der Waals surface area contributed by atoms with Gasteiger partial charge in [0, 0.05) is 38.4 Å². The van der Waals surface area contributed by atoms with Crippen molar-refractivity contribution in [3.63, 3.8) is 0 Å². The molecule has 1 aliphatic rings. The smallest absolute Gasteiger partial charge is 0.369 e. The van der Waals surface area contributed by atoms with Gasteiger partial charge < -0.3 is 15.2 Å². The Kier molecular flexibility index (Phi) is 6.64. The number of para-hydroxylation sites is 1. The molecule has 0 bridgehead atoms. The second-order valence-electron chi connectivity index (χ2n) is 7.91. The zero-order chi connectivity index (χ0) is 23.4. The highest BCUT2D eigenvalue weighted by atomic mass is 19.4. The predicted molar refractivity (Wildman–Crippen MR) is 119 cm³/mol. The minimum absolute atomic E-state index is 0.0103. The van der Waals surface area contributed by atoms with Crippen molar-refractivity contribution in [2.45, 2.75) is 12.6 Å². The number of alkyl halides is 3. The predicted octanol–water partition coefficient (Wildman–Crippen LogP) is 2.88. The fourth-order valence-electron chi connectivity index (χ4n) is 3.87. The molecule has 0 atom stereocenters. The van der Waals surface area contributed by atoms with E-state index in [4.69, 9.17) is 0 Å². The van der Waals surface area contributed by atoms with Crippen LogP contribution >= 0.6 is 0 Å². The van der Waals surface area contributed by atoms with Gasteiger partial charge >= 0.3 is 6.18 Å². The Bertz CT molecular complexity index is 1170. The Balaban J connectivity index is 1.21. The zero-order valence-corrected chi connectivity index (χ0v) is 17.9. The van der Waals surface area contributed by atoms with E-state index in [0.717, 1.165) is 57.0 Å². The van der Waals surface area contributed by atoms with Gasteiger partial charge in [-0.2, -0.15) is 13.2 Å². The Morgan fingerprint density at radius 3 is 2.42 bits per heavy atom. The van der Waals surface area contributed by atoms with Crippen molar-refractivity contribution in [3.8, 4) is 0 Å². The van der Waals surface area contributed by atoms with Crippen molar-refractivity contribution < 1.29 is 18.0 Å². The molecular weight excluding hydrogens is 435 g/mol. The van der Waals surface area contributed by atoms with E-state index in [1.807, 2.05) is 0 Å². The molecule has 0 aliphatic carbocycles. The van der Waals surface area contributed by atoms with E-state index in [-0.39, 0.29) is 11.4 Å². The van der Waals surface area contributed by atoms with Gasteiger partial charge in [-0.15, -0.1) is 0 Å². The van der Waals surface area contributed by atoms with Crippen molar-refractivity contribution >= 4 is 22.5 Å². The van der Waals surface area contributed by atoms with Crippen LogP contribution in [0.25, 0.3) is 10.9 Å². The molecule has 1 amide bonds. The third-order valence-corrected chi connectivity index (χ3v) is 5.70. The number of hydrogen-bond donors (Lipinski definition) is 2. The van der Waals surface area contributed by atoms with Gasteiger partial charge in [-0.3, -0.25) is 14.5 Å². The molecule has 0 saturated carbocycles. The Morgan fingerprint density at radius 1 is 1.03 bits per heavy atom. The third kappa shape index (κ3) is 5.51. The molecule has 2 N–H and O–H groups in total. The number of carbonyl (C=O) groups is 1. The van der Waals surface area contributed by atoms with Crippen LogP contribution < -0.4 is 15.8 Å². The average Bonchev–Trinajstić information content (AvgIpc) is 2.81. The lowest BCUT2D eigenvalue weighted by Gasteiger charge is -2.36. The molecule has 1 fully saturated rings. The lowest BCUT2D eigenvalue weighted by molar-refractivity contribution is -0.137. The van der Waals surface area contributed by atoms with Crippen LogP contribution in [0, 0.1) is 0 Å². The van der Waals surface area contributed by atoms with Gasteiger partial charge in [0.2, 0.25) is 0 Å². The van der Waals surface area contributed by atoms with E-state index in [0.29, 0.717) is 17.4 Å². The number of halogens is 3. The van der Waals surface area contributed by atoms with Gasteiger partial charge in [0.25, 0.3) is 11.5 Å². The first kappa shape index (κ1) is 22.8. The summed E-state index contributed by atoms with van der Waals surface area (Å²) >= 11 is 0.